The second-order valence-corrected chi connectivity index (χ2v) is 6.12. The third-order valence-electron chi connectivity index (χ3n) is 3.24. The van der Waals surface area contributed by atoms with Crippen molar-refractivity contribution in [2.45, 2.75) is 0 Å². The highest BCUT2D eigenvalue weighted by atomic mass is 79.9. The summed E-state index contributed by atoms with van der Waals surface area (Å²) in [5.41, 5.74) is 6.28. The van der Waals surface area contributed by atoms with Crippen LogP contribution < -0.4 is 10.9 Å². The number of nitrogens with one attached hydrogen (secondary N) is 4. The Bertz CT molecular complexity index is 941. The van der Waals surface area contributed by atoms with Crippen LogP contribution in [0.2, 0.25) is 0 Å². The molecule has 0 fully saturated rings. The van der Waals surface area contributed by atoms with Crippen molar-refractivity contribution in [3.8, 4) is 5.69 Å². The van der Waals surface area contributed by atoms with E-state index in [0.29, 0.717) is 16.0 Å². The van der Waals surface area contributed by atoms with E-state index in [0.717, 1.165) is 10.2 Å². The molecule has 0 unspecified atom stereocenters. The van der Waals surface area contributed by atoms with Crippen molar-refractivity contribution in [2.24, 2.45) is 0 Å². The number of amides is 2. The lowest BCUT2D eigenvalue weighted by Gasteiger charge is -2.07. The van der Waals surface area contributed by atoms with Crippen LogP contribution in [0, 0.1) is 4.77 Å². The highest BCUT2D eigenvalue weighted by molar-refractivity contribution is 9.10. The summed E-state index contributed by atoms with van der Waals surface area (Å²) >= 11 is 8.38. The lowest BCUT2D eigenvalue weighted by atomic mass is 10.2. The van der Waals surface area contributed by atoms with Gasteiger partial charge in [-0.05, 0) is 58.5 Å². The van der Waals surface area contributed by atoms with Crippen molar-refractivity contribution in [2.75, 3.05) is 0 Å². The Morgan fingerprint density at radius 3 is 2.38 bits per heavy atom. The SMILES string of the molecule is O=C(NNC(=O)c1cc(Br)c[nH]1)c1ccc(-n2cc[nH]c2=S)cc1. The van der Waals surface area contributed by atoms with Gasteiger partial charge in [-0.3, -0.25) is 25.0 Å². The van der Waals surface area contributed by atoms with E-state index in [1.165, 1.54) is 0 Å². The molecule has 2 heterocycles. The van der Waals surface area contributed by atoms with Crippen molar-refractivity contribution in [1.82, 2.24) is 25.4 Å². The molecule has 0 aliphatic heterocycles. The van der Waals surface area contributed by atoms with Gasteiger partial charge in [0.1, 0.15) is 5.69 Å². The van der Waals surface area contributed by atoms with E-state index in [1.54, 1.807) is 53.5 Å². The zero-order chi connectivity index (χ0) is 17.1. The predicted octanol–water partition coefficient (Wildman–Crippen LogP) is 2.70. The van der Waals surface area contributed by atoms with Crippen LogP contribution in [0.5, 0.6) is 0 Å². The molecule has 3 rings (SSSR count). The molecular formula is C15H12BrN5O2S. The van der Waals surface area contributed by atoms with Crippen LogP contribution in [-0.2, 0) is 0 Å². The molecule has 0 bridgehead atoms. The summed E-state index contributed by atoms with van der Waals surface area (Å²) in [6.07, 6.45) is 5.16. The number of hydrazine groups is 1. The van der Waals surface area contributed by atoms with Gasteiger partial charge in [-0.2, -0.15) is 0 Å². The summed E-state index contributed by atoms with van der Waals surface area (Å²) in [4.78, 5) is 29.6. The van der Waals surface area contributed by atoms with Crippen LogP contribution in [0.15, 0.2) is 53.4 Å². The van der Waals surface area contributed by atoms with Crippen LogP contribution in [0.25, 0.3) is 5.69 Å². The molecule has 0 aliphatic carbocycles. The van der Waals surface area contributed by atoms with Gasteiger partial charge in [-0.15, -0.1) is 0 Å². The molecule has 0 atom stereocenters. The average Bonchev–Trinajstić information content (AvgIpc) is 3.21. The van der Waals surface area contributed by atoms with Gasteiger partial charge in [0.15, 0.2) is 4.77 Å². The summed E-state index contributed by atoms with van der Waals surface area (Å²) in [7, 11) is 0. The number of rotatable bonds is 3. The zero-order valence-corrected chi connectivity index (χ0v) is 14.6. The zero-order valence-electron chi connectivity index (χ0n) is 12.2. The van der Waals surface area contributed by atoms with Gasteiger partial charge in [0.25, 0.3) is 11.8 Å². The van der Waals surface area contributed by atoms with E-state index in [2.05, 4.69) is 36.7 Å². The summed E-state index contributed by atoms with van der Waals surface area (Å²) < 4.78 is 3.09. The second kappa shape index (κ2) is 6.85. The average molecular weight is 406 g/mol. The van der Waals surface area contributed by atoms with Crippen molar-refractivity contribution in [3.63, 3.8) is 0 Å². The van der Waals surface area contributed by atoms with E-state index in [4.69, 9.17) is 12.2 Å². The number of aromatic amines is 2. The molecule has 0 saturated carbocycles. The molecule has 4 N–H and O–H groups in total. The van der Waals surface area contributed by atoms with Crippen LogP contribution in [0.1, 0.15) is 20.8 Å². The number of carbonyl (C=O) groups is 2. The highest BCUT2D eigenvalue weighted by Crippen LogP contribution is 2.11. The first-order valence-corrected chi connectivity index (χ1v) is 8.06. The molecule has 0 radical (unpaired) electrons. The molecule has 0 spiro atoms. The molecule has 0 saturated heterocycles. The first-order chi connectivity index (χ1) is 11.5. The fourth-order valence-corrected chi connectivity index (χ4v) is 2.63. The summed E-state index contributed by atoms with van der Waals surface area (Å²) in [6, 6.07) is 8.44. The highest BCUT2D eigenvalue weighted by Gasteiger charge is 2.10. The molecule has 2 amide bonds. The maximum absolute atomic E-state index is 12.1. The Labute approximate surface area is 150 Å². The number of nitrogens with zero attached hydrogens (tertiary/aromatic N) is 1. The lowest BCUT2D eigenvalue weighted by molar-refractivity contribution is 0.0844. The topological polar surface area (TPSA) is 94.7 Å². The van der Waals surface area contributed by atoms with Gasteiger partial charge in [0.2, 0.25) is 0 Å². The Hall–Kier alpha value is -2.65. The molecule has 3 aromatic rings. The number of halogens is 1. The number of aromatic nitrogens is 3. The minimum Gasteiger partial charge on any atom is -0.356 e. The van der Waals surface area contributed by atoms with Gasteiger partial charge in [0.05, 0.1) is 0 Å². The number of benzene rings is 1. The van der Waals surface area contributed by atoms with Gasteiger partial charge in [-0.1, -0.05) is 0 Å². The summed E-state index contributed by atoms with van der Waals surface area (Å²) in [5, 5.41) is 0. The van der Waals surface area contributed by atoms with Crippen molar-refractivity contribution in [1.29, 1.82) is 0 Å². The van der Waals surface area contributed by atoms with Crippen molar-refractivity contribution >= 4 is 40.0 Å². The van der Waals surface area contributed by atoms with Crippen LogP contribution in [0.4, 0.5) is 0 Å². The van der Waals surface area contributed by atoms with E-state index in [-0.39, 0.29) is 0 Å². The number of carbonyl (C=O) groups excluding carboxylic acids is 2. The monoisotopic (exact) mass is 405 g/mol. The third-order valence-corrected chi connectivity index (χ3v) is 4.01. The smallest absolute Gasteiger partial charge is 0.286 e. The van der Waals surface area contributed by atoms with E-state index >= 15 is 0 Å². The largest absolute Gasteiger partial charge is 0.356 e. The third kappa shape index (κ3) is 3.47. The minimum atomic E-state index is -0.440. The van der Waals surface area contributed by atoms with E-state index in [1.807, 2.05) is 0 Å². The van der Waals surface area contributed by atoms with Gasteiger partial charge in [0, 0.05) is 34.3 Å². The second-order valence-electron chi connectivity index (χ2n) is 4.82. The van der Waals surface area contributed by atoms with Crippen molar-refractivity contribution < 1.29 is 9.59 Å². The Morgan fingerprint density at radius 1 is 1.08 bits per heavy atom. The first kappa shape index (κ1) is 16.2. The molecule has 7 nitrogen and oxygen atoms in total. The molecule has 122 valence electrons. The Balaban J connectivity index is 1.64. The Morgan fingerprint density at radius 2 is 1.79 bits per heavy atom. The van der Waals surface area contributed by atoms with Gasteiger partial charge < -0.3 is 9.97 Å². The number of hydrogen-bond acceptors (Lipinski definition) is 3. The van der Waals surface area contributed by atoms with Crippen LogP contribution >= 0.6 is 28.1 Å². The maximum atomic E-state index is 12.1. The normalized spacial score (nSPS) is 10.4. The first-order valence-electron chi connectivity index (χ1n) is 6.85. The predicted molar refractivity (Wildman–Crippen MR) is 94.4 cm³/mol. The minimum absolute atomic E-state index is 0.333. The molecule has 1 aromatic carbocycles. The molecule has 2 aromatic heterocycles. The Kier molecular flexibility index (Phi) is 4.63. The van der Waals surface area contributed by atoms with E-state index < -0.39 is 11.8 Å². The summed E-state index contributed by atoms with van der Waals surface area (Å²) in [5.74, 6) is -0.859. The standard InChI is InChI=1S/C15H12BrN5O2S/c16-10-7-12(18-8-10)14(23)20-19-13(22)9-1-3-11(4-2-9)21-6-5-17-15(21)24/h1-8,18H,(H,17,24)(H,19,22)(H,20,23). The summed E-state index contributed by atoms with van der Waals surface area (Å²) in [6.45, 7) is 0. The van der Waals surface area contributed by atoms with Crippen LogP contribution in [0.3, 0.4) is 0 Å². The molecule has 9 heteroatoms. The van der Waals surface area contributed by atoms with Crippen molar-refractivity contribution in [3.05, 3.63) is 69.4 Å². The number of hydrogen-bond donors (Lipinski definition) is 4. The van der Waals surface area contributed by atoms with Crippen LogP contribution in [-0.4, -0.2) is 26.3 Å². The maximum Gasteiger partial charge on any atom is 0.286 e. The van der Waals surface area contributed by atoms with E-state index in [9.17, 15) is 9.59 Å². The fourth-order valence-electron chi connectivity index (χ4n) is 2.05. The van der Waals surface area contributed by atoms with Gasteiger partial charge >= 0.3 is 0 Å². The molecule has 0 aliphatic rings. The molecule has 24 heavy (non-hydrogen) atoms. The number of H-pyrrole nitrogens is 2. The van der Waals surface area contributed by atoms with Gasteiger partial charge in [-0.25, -0.2) is 0 Å². The fraction of sp³-hybridized carbons (Fsp3) is 0. The lowest BCUT2D eigenvalue weighted by Crippen LogP contribution is -2.41. The molecular weight excluding hydrogens is 394 g/mol. The number of imidazole rings is 1. The quantitative estimate of drug-likeness (QED) is 0.398.